The summed E-state index contributed by atoms with van der Waals surface area (Å²) < 4.78 is 27.9. The molecule has 8 nitrogen and oxygen atoms in total. The van der Waals surface area contributed by atoms with Crippen molar-refractivity contribution in [2.75, 3.05) is 6.54 Å². The van der Waals surface area contributed by atoms with Gasteiger partial charge in [0.1, 0.15) is 5.54 Å². The molecule has 1 aliphatic carbocycles. The Morgan fingerprint density at radius 3 is 2.76 bits per heavy atom. The van der Waals surface area contributed by atoms with Gasteiger partial charge in [0.2, 0.25) is 5.91 Å². The van der Waals surface area contributed by atoms with Crippen LogP contribution >= 0.6 is 11.6 Å². The second kappa shape index (κ2) is 7.13. The number of hydrogen-bond acceptors (Lipinski definition) is 6. The van der Waals surface area contributed by atoms with Crippen LogP contribution in [0.1, 0.15) is 19.3 Å². The summed E-state index contributed by atoms with van der Waals surface area (Å²) in [5.74, 6) is -0.334. The van der Waals surface area contributed by atoms with Gasteiger partial charge < -0.3 is 10.6 Å². The van der Waals surface area contributed by atoms with Crippen LogP contribution < -0.4 is 10.6 Å². The maximum atomic E-state index is 13.1. The molecule has 1 saturated carbocycles. The number of nitriles is 1. The number of rotatable bonds is 5. The molecular formula is C19H20ClN5O3S. The lowest BCUT2D eigenvalue weighted by Gasteiger charge is -2.15. The van der Waals surface area contributed by atoms with Gasteiger partial charge in [-0.3, -0.25) is 9.48 Å². The monoisotopic (exact) mass is 433 g/mol. The summed E-state index contributed by atoms with van der Waals surface area (Å²) in [6.07, 6.45) is 4.89. The fourth-order valence-corrected chi connectivity index (χ4v) is 5.73. The minimum Gasteiger partial charge on any atom is -0.336 e. The Balaban J connectivity index is 1.50. The summed E-state index contributed by atoms with van der Waals surface area (Å²) in [4.78, 5) is 12.4. The number of benzene rings is 1. The van der Waals surface area contributed by atoms with E-state index in [2.05, 4.69) is 21.8 Å². The molecule has 29 heavy (non-hydrogen) atoms. The van der Waals surface area contributed by atoms with Crippen molar-refractivity contribution in [3.63, 3.8) is 0 Å². The molecule has 0 spiro atoms. The number of sulfone groups is 1. The first-order valence-electron chi connectivity index (χ1n) is 9.23. The lowest BCUT2D eigenvalue weighted by molar-refractivity contribution is -0.123. The van der Waals surface area contributed by atoms with E-state index in [0.717, 1.165) is 11.1 Å². The van der Waals surface area contributed by atoms with E-state index in [9.17, 15) is 13.2 Å². The van der Waals surface area contributed by atoms with Gasteiger partial charge in [-0.15, -0.1) is 0 Å². The standard InChI is InChI=1S/C19H20ClN5O3S/c1-25-10-13(8-23-25)12-2-3-17(15(20)6-12)29(27,28)14-7-16(22-9-14)18(26)24-19(11-21)4-5-19/h2-3,6,8,10,14,16,22H,4-5,7,9H2,1H3,(H,24,26). The van der Waals surface area contributed by atoms with E-state index in [1.807, 2.05) is 6.20 Å². The minimum absolute atomic E-state index is 0.0513. The van der Waals surface area contributed by atoms with Crippen molar-refractivity contribution in [2.45, 2.75) is 41.0 Å². The number of halogens is 1. The number of aryl methyl sites for hydroxylation is 1. The fraction of sp³-hybridized carbons (Fsp3) is 0.421. The van der Waals surface area contributed by atoms with E-state index in [4.69, 9.17) is 16.9 Å². The topological polar surface area (TPSA) is 117 Å². The average Bonchev–Trinajstić information content (AvgIpc) is 3.08. The second-order valence-electron chi connectivity index (χ2n) is 7.59. The zero-order valence-electron chi connectivity index (χ0n) is 15.7. The summed E-state index contributed by atoms with van der Waals surface area (Å²) in [5.41, 5.74) is 0.834. The van der Waals surface area contributed by atoms with Crippen LogP contribution in [0.3, 0.4) is 0 Å². The molecule has 2 aromatic rings. The van der Waals surface area contributed by atoms with E-state index in [1.165, 1.54) is 6.07 Å². The van der Waals surface area contributed by atoms with Crippen LogP contribution in [0.2, 0.25) is 5.02 Å². The summed E-state index contributed by atoms with van der Waals surface area (Å²) in [5, 5.41) is 18.3. The van der Waals surface area contributed by atoms with Crippen molar-refractivity contribution in [1.29, 1.82) is 5.26 Å². The Bertz CT molecular complexity index is 1120. The highest BCUT2D eigenvalue weighted by atomic mass is 35.5. The van der Waals surface area contributed by atoms with Crippen LogP contribution in [0.4, 0.5) is 0 Å². The first kappa shape index (κ1) is 19.9. The Labute approximate surface area is 173 Å². The van der Waals surface area contributed by atoms with E-state index >= 15 is 0 Å². The molecule has 1 aromatic carbocycles. The van der Waals surface area contributed by atoms with E-state index in [0.29, 0.717) is 12.8 Å². The van der Waals surface area contributed by atoms with Gasteiger partial charge >= 0.3 is 0 Å². The van der Waals surface area contributed by atoms with Crippen molar-refractivity contribution >= 4 is 27.3 Å². The molecule has 2 heterocycles. The van der Waals surface area contributed by atoms with Crippen LogP contribution in [0.5, 0.6) is 0 Å². The second-order valence-corrected chi connectivity index (χ2v) is 10.2. The maximum absolute atomic E-state index is 13.1. The quantitative estimate of drug-likeness (QED) is 0.736. The highest BCUT2D eigenvalue weighted by Crippen LogP contribution is 2.35. The van der Waals surface area contributed by atoms with Gasteiger partial charge in [-0.25, -0.2) is 8.42 Å². The molecular weight excluding hydrogens is 414 g/mol. The summed E-state index contributed by atoms with van der Waals surface area (Å²) in [6.45, 7) is 0.153. The number of amides is 1. The van der Waals surface area contributed by atoms with E-state index in [1.54, 1.807) is 30.1 Å². The molecule has 2 atom stereocenters. The molecule has 1 aliphatic heterocycles. The van der Waals surface area contributed by atoms with Crippen molar-refractivity contribution in [3.05, 3.63) is 35.6 Å². The van der Waals surface area contributed by atoms with Crippen LogP contribution in [0.15, 0.2) is 35.5 Å². The predicted octanol–water partition coefficient (Wildman–Crippen LogP) is 1.42. The smallest absolute Gasteiger partial charge is 0.238 e. The fourth-order valence-electron chi connectivity index (χ4n) is 3.51. The molecule has 1 saturated heterocycles. The van der Waals surface area contributed by atoms with E-state index < -0.39 is 26.7 Å². The first-order valence-corrected chi connectivity index (χ1v) is 11.2. The molecule has 1 aromatic heterocycles. The van der Waals surface area contributed by atoms with Gasteiger partial charge in [0.15, 0.2) is 9.84 Å². The van der Waals surface area contributed by atoms with Gasteiger partial charge in [-0.05, 0) is 37.0 Å². The van der Waals surface area contributed by atoms with Crippen LogP contribution in [-0.2, 0) is 21.7 Å². The Morgan fingerprint density at radius 1 is 1.41 bits per heavy atom. The molecule has 1 amide bonds. The Kier molecular flexibility index (Phi) is 4.89. The minimum atomic E-state index is -3.72. The van der Waals surface area contributed by atoms with Gasteiger partial charge in [0.05, 0.1) is 33.5 Å². The molecule has 0 radical (unpaired) electrons. The van der Waals surface area contributed by atoms with Crippen LogP contribution in [0, 0.1) is 11.3 Å². The van der Waals surface area contributed by atoms with Gasteiger partial charge in [0.25, 0.3) is 0 Å². The SMILES string of the molecule is Cn1cc(-c2ccc(S(=O)(=O)C3CNC(C(=O)NC4(C#N)CC4)C3)c(Cl)c2)cn1. The van der Waals surface area contributed by atoms with Gasteiger partial charge in [-0.1, -0.05) is 17.7 Å². The van der Waals surface area contributed by atoms with Crippen molar-refractivity contribution < 1.29 is 13.2 Å². The normalized spacial score (nSPS) is 22.8. The molecule has 10 heteroatoms. The maximum Gasteiger partial charge on any atom is 0.238 e. The molecule has 2 aliphatic rings. The van der Waals surface area contributed by atoms with Crippen molar-refractivity contribution in [1.82, 2.24) is 20.4 Å². The number of nitrogens with zero attached hydrogens (tertiary/aromatic N) is 3. The number of carbonyl (C=O) groups is 1. The molecule has 2 unspecified atom stereocenters. The van der Waals surface area contributed by atoms with Crippen molar-refractivity contribution in [2.24, 2.45) is 7.05 Å². The first-order chi connectivity index (χ1) is 13.7. The lowest BCUT2D eigenvalue weighted by Crippen LogP contribution is -2.45. The van der Waals surface area contributed by atoms with Crippen molar-refractivity contribution in [3.8, 4) is 17.2 Å². The Morgan fingerprint density at radius 2 is 2.17 bits per heavy atom. The third-order valence-electron chi connectivity index (χ3n) is 5.45. The van der Waals surface area contributed by atoms with E-state index in [-0.39, 0.29) is 28.8 Å². The highest BCUT2D eigenvalue weighted by Gasteiger charge is 2.47. The molecule has 0 bridgehead atoms. The van der Waals surface area contributed by atoms with Gasteiger partial charge in [0, 0.05) is 25.4 Å². The predicted molar refractivity (Wildman–Crippen MR) is 107 cm³/mol. The molecule has 152 valence electrons. The highest BCUT2D eigenvalue weighted by molar-refractivity contribution is 7.92. The lowest BCUT2D eigenvalue weighted by atomic mass is 10.1. The number of nitrogens with one attached hydrogen (secondary N) is 2. The zero-order chi connectivity index (χ0) is 20.8. The Hall–Kier alpha value is -2.41. The number of hydrogen-bond donors (Lipinski definition) is 2. The average molecular weight is 434 g/mol. The summed E-state index contributed by atoms with van der Waals surface area (Å²) in [6, 6.07) is 6.27. The summed E-state index contributed by atoms with van der Waals surface area (Å²) >= 11 is 6.32. The zero-order valence-corrected chi connectivity index (χ0v) is 17.3. The van der Waals surface area contributed by atoms with Gasteiger partial charge in [-0.2, -0.15) is 10.4 Å². The molecule has 2 fully saturated rings. The third kappa shape index (κ3) is 3.75. The number of carbonyl (C=O) groups excluding carboxylic acids is 1. The molecule has 4 rings (SSSR count). The third-order valence-corrected chi connectivity index (χ3v) is 8.08. The molecule has 2 N–H and O–H groups in total. The summed E-state index contributed by atoms with van der Waals surface area (Å²) in [7, 11) is -1.93. The largest absolute Gasteiger partial charge is 0.336 e. The van der Waals surface area contributed by atoms with Crippen LogP contribution in [0.25, 0.3) is 11.1 Å². The number of aromatic nitrogens is 2. The van der Waals surface area contributed by atoms with Crippen LogP contribution in [-0.4, -0.2) is 47.5 Å².